The molecule has 0 amide bonds. The van der Waals surface area contributed by atoms with Gasteiger partial charge in [-0.25, -0.2) is 4.79 Å². The summed E-state index contributed by atoms with van der Waals surface area (Å²) in [5.74, 6) is -1.12. The number of cyclic esters (lactones) is 1. The molecule has 0 bridgehead atoms. The number of hydrogen-bond acceptors (Lipinski definition) is 4. The van der Waals surface area contributed by atoms with Crippen molar-refractivity contribution in [2.75, 3.05) is 0 Å². The van der Waals surface area contributed by atoms with E-state index in [9.17, 15) is 14.7 Å². The molecule has 0 radical (unpaired) electrons. The molecular formula is C20H24O5. The van der Waals surface area contributed by atoms with E-state index in [0.717, 1.165) is 47.1 Å². The monoisotopic (exact) mass is 344 g/mol. The lowest BCUT2D eigenvalue weighted by Crippen LogP contribution is -2.07. The van der Waals surface area contributed by atoms with Crippen molar-refractivity contribution in [3.05, 3.63) is 39.0 Å². The molecule has 5 heteroatoms. The van der Waals surface area contributed by atoms with Crippen LogP contribution in [0, 0.1) is 12.8 Å². The van der Waals surface area contributed by atoms with Gasteiger partial charge in [0.1, 0.15) is 17.9 Å². The van der Waals surface area contributed by atoms with Gasteiger partial charge in [-0.1, -0.05) is 18.1 Å². The van der Waals surface area contributed by atoms with E-state index in [4.69, 9.17) is 9.84 Å². The van der Waals surface area contributed by atoms with Crippen LogP contribution in [-0.4, -0.2) is 22.2 Å². The van der Waals surface area contributed by atoms with Gasteiger partial charge >= 0.3 is 11.9 Å². The third-order valence-corrected chi connectivity index (χ3v) is 5.78. The number of phenolic OH excluding ortho intramolecular Hbond substituents is 1. The van der Waals surface area contributed by atoms with Gasteiger partial charge in [0.2, 0.25) is 0 Å². The minimum Gasteiger partial charge on any atom is -0.507 e. The number of rotatable bonds is 5. The van der Waals surface area contributed by atoms with Crippen molar-refractivity contribution in [2.24, 2.45) is 5.92 Å². The highest BCUT2D eigenvalue weighted by atomic mass is 16.5. The zero-order valence-electron chi connectivity index (χ0n) is 14.9. The molecule has 0 saturated carbocycles. The Morgan fingerprint density at radius 2 is 2.00 bits per heavy atom. The summed E-state index contributed by atoms with van der Waals surface area (Å²) < 4.78 is 5.12. The smallest absolute Gasteiger partial charge is 0.342 e. The third kappa shape index (κ3) is 2.92. The lowest BCUT2D eigenvalue weighted by atomic mass is 9.87. The average molecular weight is 344 g/mol. The van der Waals surface area contributed by atoms with E-state index in [2.05, 4.69) is 0 Å². The Kier molecular flexibility index (Phi) is 4.58. The van der Waals surface area contributed by atoms with E-state index in [1.54, 1.807) is 0 Å². The number of aromatic hydroxyl groups is 1. The van der Waals surface area contributed by atoms with Crippen molar-refractivity contribution in [1.29, 1.82) is 0 Å². The second kappa shape index (κ2) is 6.54. The second-order valence-corrected chi connectivity index (χ2v) is 7.01. The van der Waals surface area contributed by atoms with Crippen LogP contribution in [0.4, 0.5) is 0 Å². The Bertz CT molecular complexity index is 788. The van der Waals surface area contributed by atoms with E-state index in [1.807, 2.05) is 20.8 Å². The molecule has 1 unspecified atom stereocenters. The molecule has 1 aliphatic carbocycles. The number of allylic oxidation sites excluding steroid dienone is 2. The number of aliphatic carboxylic acids is 1. The first-order valence-corrected chi connectivity index (χ1v) is 8.78. The number of carbonyl (C=O) groups is 2. The first-order valence-electron chi connectivity index (χ1n) is 8.78. The minimum absolute atomic E-state index is 0.0435. The summed E-state index contributed by atoms with van der Waals surface area (Å²) >= 11 is 0. The largest absolute Gasteiger partial charge is 0.507 e. The molecule has 1 aromatic carbocycles. The van der Waals surface area contributed by atoms with E-state index in [-0.39, 0.29) is 24.7 Å². The summed E-state index contributed by atoms with van der Waals surface area (Å²) in [5, 5.41) is 19.8. The molecule has 1 atom stereocenters. The summed E-state index contributed by atoms with van der Waals surface area (Å²) in [5.41, 5.74) is 6.28. The molecule has 1 aromatic rings. The quantitative estimate of drug-likeness (QED) is 0.629. The maximum Gasteiger partial charge on any atom is 0.342 e. The molecule has 25 heavy (non-hydrogen) atoms. The number of benzene rings is 1. The van der Waals surface area contributed by atoms with Crippen molar-refractivity contribution >= 4 is 11.9 Å². The molecule has 3 rings (SSSR count). The number of ether oxygens (including phenoxy) is 1. The predicted octanol–water partition coefficient (Wildman–Crippen LogP) is 3.68. The van der Waals surface area contributed by atoms with Gasteiger partial charge in [-0.2, -0.15) is 0 Å². The lowest BCUT2D eigenvalue weighted by molar-refractivity contribution is -0.137. The normalized spacial score (nSPS) is 19.3. The highest BCUT2D eigenvalue weighted by molar-refractivity contribution is 5.97. The zero-order chi connectivity index (χ0) is 18.3. The number of hydrogen-bond donors (Lipinski definition) is 2. The highest BCUT2D eigenvalue weighted by Crippen LogP contribution is 2.42. The van der Waals surface area contributed by atoms with Gasteiger partial charge in [0.25, 0.3) is 0 Å². The Morgan fingerprint density at radius 1 is 1.28 bits per heavy atom. The van der Waals surface area contributed by atoms with Gasteiger partial charge in [-0.3, -0.25) is 4.79 Å². The van der Waals surface area contributed by atoms with Crippen molar-refractivity contribution < 1.29 is 24.5 Å². The highest BCUT2D eigenvalue weighted by Gasteiger charge is 2.32. The maximum atomic E-state index is 12.0. The van der Waals surface area contributed by atoms with Gasteiger partial charge in [-0.05, 0) is 56.6 Å². The Balaban J connectivity index is 2.02. The fraction of sp³-hybridized carbons (Fsp3) is 0.500. The van der Waals surface area contributed by atoms with Crippen molar-refractivity contribution in [1.82, 2.24) is 0 Å². The maximum absolute atomic E-state index is 12.0. The van der Waals surface area contributed by atoms with Crippen molar-refractivity contribution in [3.63, 3.8) is 0 Å². The first kappa shape index (κ1) is 17.5. The van der Waals surface area contributed by atoms with Crippen LogP contribution < -0.4 is 0 Å². The first-order chi connectivity index (χ1) is 11.8. The summed E-state index contributed by atoms with van der Waals surface area (Å²) in [6.45, 7) is 6.24. The van der Waals surface area contributed by atoms with Crippen LogP contribution >= 0.6 is 0 Å². The number of carboxylic acid groups (broad SMARTS) is 1. The average Bonchev–Trinajstić information content (AvgIpc) is 3.10. The number of fused-ring (bicyclic) bond motifs is 1. The number of carbonyl (C=O) groups excluding carboxylic acids is 1. The van der Waals surface area contributed by atoms with Crippen molar-refractivity contribution in [2.45, 2.75) is 59.5 Å². The van der Waals surface area contributed by atoms with Crippen LogP contribution in [0.1, 0.15) is 65.7 Å². The van der Waals surface area contributed by atoms with Crippen LogP contribution in [0.15, 0.2) is 11.1 Å². The van der Waals surface area contributed by atoms with E-state index >= 15 is 0 Å². The molecule has 0 aromatic heterocycles. The number of carboxylic acids is 1. The van der Waals surface area contributed by atoms with E-state index < -0.39 is 11.9 Å². The van der Waals surface area contributed by atoms with Crippen LogP contribution in [-0.2, 0) is 29.0 Å². The Morgan fingerprint density at radius 3 is 2.64 bits per heavy atom. The van der Waals surface area contributed by atoms with Crippen molar-refractivity contribution in [3.8, 4) is 5.75 Å². The molecule has 2 N–H and O–H groups in total. The third-order valence-electron chi connectivity index (χ3n) is 5.78. The molecule has 2 aliphatic rings. The Hall–Kier alpha value is -2.30. The molecule has 0 saturated heterocycles. The van der Waals surface area contributed by atoms with E-state index in [0.29, 0.717) is 12.0 Å². The zero-order valence-corrected chi connectivity index (χ0v) is 14.9. The summed E-state index contributed by atoms with van der Waals surface area (Å²) in [6.07, 6.45) is 3.16. The molecular weight excluding hydrogens is 320 g/mol. The second-order valence-electron chi connectivity index (χ2n) is 7.01. The number of esters is 1. The van der Waals surface area contributed by atoms with Gasteiger partial charge in [0.05, 0.1) is 6.42 Å². The molecule has 0 fully saturated rings. The molecule has 0 spiro atoms. The topological polar surface area (TPSA) is 83.8 Å². The number of phenols is 1. The van der Waals surface area contributed by atoms with Crippen LogP contribution in [0.3, 0.4) is 0 Å². The van der Waals surface area contributed by atoms with Gasteiger partial charge in [0, 0.05) is 11.1 Å². The van der Waals surface area contributed by atoms with E-state index in [1.165, 1.54) is 5.57 Å². The van der Waals surface area contributed by atoms with Crippen LogP contribution in [0.2, 0.25) is 0 Å². The SMILES string of the molecule is CCc1c(C)c2c(c(O)c1CC1=C(C)C(CC(=O)O)CC1)C(=O)OC2. The van der Waals surface area contributed by atoms with Crippen LogP contribution in [0.25, 0.3) is 0 Å². The fourth-order valence-electron chi connectivity index (χ4n) is 4.27. The Labute approximate surface area is 147 Å². The molecule has 1 heterocycles. The molecule has 5 nitrogen and oxygen atoms in total. The summed E-state index contributed by atoms with van der Waals surface area (Å²) in [4.78, 5) is 23.0. The molecule has 134 valence electrons. The van der Waals surface area contributed by atoms with Gasteiger partial charge in [0.15, 0.2) is 0 Å². The standard InChI is InChI=1S/C20H24O5/c1-4-14-11(3)16-9-25-20(24)18(16)19(23)15(14)7-12-5-6-13(10(12)2)8-17(21)22/h13,23H,4-9H2,1-3H3,(H,21,22). The van der Waals surface area contributed by atoms with Gasteiger partial charge in [-0.15, -0.1) is 0 Å². The van der Waals surface area contributed by atoms with Crippen LogP contribution in [0.5, 0.6) is 5.75 Å². The minimum atomic E-state index is -0.779. The van der Waals surface area contributed by atoms with Gasteiger partial charge < -0.3 is 14.9 Å². The summed E-state index contributed by atoms with van der Waals surface area (Å²) in [7, 11) is 0. The predicted molar refractivity (Wildman–Crippen MR) is 92.7 cm³/mol. The fourth-order valence-corrected chi connectivity index (χ4v) is 4.27. The molecule has 1 aliphatic heterocycles. The lowest BCUT2D eigenvalue weighted by Gasteiger charge is -2.18. The summed E-state index contributed by atoms with van der Waals surface area (Å²) in [6, 6.07) is 0.